The molecule has 0 N–H and O–H groups in total. The van der Waals surface area contributed by atoms with Crippen LogP contribution in [-0.4, -0.2) is 29.9 Å². The Bertz CT molecular complexity index is 161. The maximum atomic E-state index is 4.63. The predicted octanol–water partition coefficient (Wildman–Crippen LogP) is 2.30. The van der Waals surface area contributed by atoms with Gasteiger partial charge in [-0.05, 0) is 33.6 Å². The molecule has 1 heterocycles. The lowest BCUT2D eigenvalue weighted by atomic mass is 10.1. The monoisotopic (exact) mass is 168 g/mol. The minimum Gasteiger partial charge on any atom is -0.361 e. The van der Waals surface area contributed by atoms with Crippen LogP contribution in [0.4, 0.5) is 0 Å². The molecule has 1 aliphatic rings. The Morgan fingerprint density at radius 1 is 1.42 bits per heavy atom. The maximum Gasteiger partial charge on any atom is 0.0992 e. The number of likely N-dealkylation sites (tertiary alicyclic amines) is 1. The third kappa shape index (κ3) is 2.50. The van der Waals surface area contributed by atoms with E-state index in [0.29, 0.717) is 6.04 Å². The van der Waals surface area contributed by atoms with Crippen molar-refractivity contribution < 1.29 is 0 Å². The summed E-state index contributed by atoms with van der Waals surface area (Å²) in [5.74, 6) is 1.33. The topological polar surface area (TPSA) is 15.6 Å². The van der Waals surface area contributed by atoms with Gasteiger partial charge in [-0.15, -0.1) is 0 Å². The average Bonchev–Trinajstić information content (AvgIpc) is 2.04. The van der Waals surface area contributed by atoms with E-state index in [0.717, 1.165) is 6.54 Å². The Hall–Kier alpha value is -0.530. The molecule has 70 valence electrons. The van der Waals surface area contributed by atoms with Gasteiger partial charge in [0.05, 0.1) is 5.84 Å². The number of hydrogen-bond acceptors (Lipinski definition) is 1. The molecule has 1 saturated heterocycles. The molecule has 0 aliphatic carbocycles. The Morgan fingerprint density at radius 2 is 2.17 bits per heavy atom. The maximum absolute atomic E-state index is 4.63. The van der Waals surface area contributed by atoms with Crippen LogP contribution in [-0.2, 0) is 0 Å². The first-order valence-corrected chi connectivity index (χ1v) is 5.05. The van der Waals surface area contributed by atoms with Crippen molar-refractivity contribution in [2.75, 3.05) is 13.1 Å². The average molecular weight is 168 g/mol. The molecule has 2 nitrogen and oxygen atoms in total. The van der Waals surface area contributed by atoms with E-state index in [2.05, 4.69) is 30.7 Å². The highest BCUT2D eigenvalue weighted by atomic mass is 15.2. The van der Waals surface area contributed by atoms with E-state index in [1.807, 2.05) is 0 Å². The fraction of sp³-hybridized carbons (Fsp3) is 0.900. The molecule has 0 radical (unpaired) electrons. The Balaban J connectivity index is 2.58. The molecule has 0 aromatic heterocycles. The first-order chi connectivity index (χ1) is 5.74. The predicted molar refractivity (Wildman–Crippen MR) is 53.7 cm³/mol. The summed E-state index contributed by atoms with van der Waals surface area (Å²) in [6.07, 6.45) is 3.85. The van der Waals surface area contributed by atoms with E-state index >= 15 is 0 Å². The summed E-state index contributed by atoms with van der Waals surface area (Å²) in [5, 5.41) is 0. The number of amidine groups is 1. The van der Waals surface area contributed by atoms with Gasteiger partial charge in [-0.25, -0.2) is 0 Å². The second kappa shape index (κ2) is 4.48. The van der Waals surface area contributed by atoms with Gasteiger partial charge in [0.25, 0.3) is 0 Å². The van der Waals surface area contributed by atoms with Crippen molar-refractivity contribution in [3.63, 3.8) is 0 Å². The molecule has 0 bridgehead atoms. The SMILES string of the molecule is CCN1CCCCC1=NC(C)C. The summed E-state index contributed by atoms with van der Waals surface area (Å²) in [7, 11) is 0. The molecule has 0 amide bonds. The van der Waals surface area contributed by atoms with Crippen molar-refractivity contribution in [1.29, 1.82) is 0 Å². The molecule has 0 aromatic carbocycles. The fourth-order valence-electron chi connectivity index (χ4n) is 1.66. The molecule has 2 heteroatoms. The molecule has 1 fully saturated rings. The second-order valence-corrected chi connectivity index (χ2v) is 3.68. The highest BCUT2D eigenvalue weighted by Crippen LogP contribution is 2.12. The number of hydrogen-bond donors (Lipinski definition) is 0. The lowest BCUT2D eigenvalue weighted by Crippen LogP contribution is -2.35. The number of nitrogens with zero attached hydrogens (tertiary/aromatic N) is 2. The highest BCUT2D eigenvalue weighted by molar-refractivity contribution is 5.83. The Kier molecular flexibility index (Phi) is 3.57. The van der Waals surface area contributed by atoms with E-state index in [-0.39, 0.29) is 0 Å². The second-order valence-electron chi connectivity index (χ2n) is 3.68. The van der Waals surface area contributed by atoms with Gasteiger partial charge in [-0.2, -0.15) is 0 Å². The van der Waals surface area contributed by atoms with Gasteiger partial charge in [-0.1, -0.05) is 0 Å². The van der Waals surface area contributed by atoms with E-state index in [1.165, 1.54) is 31.6 Å². The normalized spacial score (nSPS) is 22.3. The molecule has 0 aromatic rings. The minimum absolute atomic E-state index is 0.451. The van der Waals surface area contributed by atoms with Crippen molar-refractivity contribution in [3.8, 4) is 0 Å². The van der Waals surface area contributed by atoms with Crippen LogP contribution in [0.1, 0.15) is 40.0 Å². The molecular formula is C10H20N2. The first-order valence-electron chi connectivity index (χ1n) is 5.05. The van der Waals surface area contributed by atoms with Crippen LogP contribution in [0, 0.1) is 0 Å². The third-order valence-electron chi connectivity index (χ3n) is 2.23. The van der Waals surface area contributed by atoms with Crippen LogP contribution < -0.4 is 0 Å². The largest absolute Gasteiger partial charge is 0.361 e. The van der Waals surface area contributed by atoms with Crippen molar-refractivity contribution in [3.05, 3.63) is 0 Å². The summed E-state index contributed by atoms with van der Waals surface area (Å²) in [6, 6.07) is 0.451. The fourth-order valence-corrected chi connectivity index (χ4v) is 1.66. The quantitative estimate of drug-likeness (QED) is 0.617. The van der Waals surface area contributed by atoms with Crippen molar-refractivity contribution in [2.45, 2.75) is 46.1 Å². The van der Waals surface area contributed by atoms with Gasteiger partial charge in [0.15, 0.2) is 0 Å². The zero-order valence-corrected chi connectivity index (χ0v) is 8.51. The molecule has 1 rings (SSSR count). The van der Waals surface area contributed by atoms with Gasteiger partial charge >= 0.3 is 0 Å². The van der Waals surface area contributed by atoms with E-state index in [4.69, 9.17) is 0 Å². The Labute approximate surface area is 75.7 Å². The molecule has 0 spiro atoms. The number of piperidine rings is 1. The smallest absolute Gasteiger partial charge is 0.0992 e. The number of aliphatic imine (C=N–C) groups is 1. The van der Waals surface area contributed by atoms with Gasteiger partial charge in [0.1, 0.15) is 0 Å². The standard InChI is InChI=1S/C10H20N2/c1-4-12-8-6-5-7-10(12)11-9(2)3/h9H,4-8H2,1-3H3. The first kappa shape index (κ1) is 9.56. The number of rotatable bonds is 2. The van der Waals surface area contributed by atoms with Gasteiger partial charge in [0.2, 0.25) is 0 Å². The summed E-state index contributed by atoms with van der Waals surface area (Å²) in [5.41, 5.74) is 0. The van der Waals surface area contributed by atoms with Crippen LogP contribution in [0.3, 0.4) is 0 Å². The van der Waals surface area contributed by atoms with Crippen LogP contribution >= 0.6 is 0 Å². The van der Waals surface area contributed by atoms with Crippen LogP contribution in [0.25, 0.3) is 0 Å². The lowest BCUT2D eigenvalue weighted by molar-refractivity contribution is 0.383. The van der Waals surface area contributed by atoms with Crippen molar-refractivity contribution >= 4 is 5.84 Å². The molecule has 1 aliphatic heterocycles. The third-order valence-corrected chi connectivity index (χ3v) is 2.23. The van der Waals surface area contributed by atoms with Gasteiger partial charge < -0.3 is 4.90 Å². The molecule has 0 unspecified atom stereocenters. The van der Waals surface area contributed by atoms with Gasteiger partial charge in [-0.3, -0.25) is 4.99 Å². The summed E-state index contributed by atoms with van der Waals surface area (Å²) in [4.78, 5) is 7.04. The minimum atomic E-state index is 0.451. The van der Waals surface area contributed by atoms with Gasteiger partial charge in [0, 0.05) is 25.6 Å². The highest BCUT2D eigenvalue weighted by Gasteiger charge is 2.14. The summed E-state index contributed by atoms with van der Waals surface area (Å²) < 4.78 is 0. The van der Waals surface area contributed by atoms with Crippen LogP contribution in [0.2, 0.25) is 0 Å². The van der Waals surface area contributed by atoms with E-state index in [9.17, 15) is 0 Å². The summed E-state index contributed by atoms with van der Waals surface area (Å²) >= 11 is 0. The lowest BCUT2D eigenvalue weighted by Gasteiger charge is -2.29. The molecule has 12 heavy (non-hydrogen) atoms. The Morgan fingerprint density at radius 3 is 2.75 bits per heavy atom. The van der Waals surface area contributed by atoms with Crippen LogP contribution in [0.15, 0.2) is 4.99 Å². The molecular weight excluding hydrogens is 148 g/mol. The van der Waals surface area contributed by atoms with Crippen molar-refractivity contribution in [1.82, 2.24) is 4.90 Å². The molecule has 0 atom stereocenters. The van der Waals surface area contributed by atoms with Crippen molar-refractivity contribution in [2.24, 2.45) is 4.99 Å². The van der Waals surface area contributed by atoms with Crippen LogP contribution in [0.5, 0.6) is 0 Å². The summed E-state index contributed by atoms with van der Waals surface area (Å²) in [6.45, 7) is 8.83. The molecule has 0 saturated carbocycles. The van der Waals surface area contributed by atoms with E-state index in [1.54, 1.807) is 0 Å². The zero-order valence-electron chi connectivity index (χ0n) is 8.51. The zero-order chi connectivity index (χ0) is 8.97. The van der Waals surface area contributed by atoms with E-state index < -0.39 is 0 Å².